The zero-order valence-corrected chi connectivity index (χ0v) is 20.7. The molecule has 5 rings (SSSR count). The van der Waals surface area contributed by atoms with E-state index in [1.807, 2.05) is 23.6 Å². The van der Waals surface area contributed by atoms with Gasteiger partial charge in [0.1, 0.15) is 30.4 Å². The largest absolute Gasteiger partial charge is 0.543 e. The van der Waals surface area contributed by atoms with E-state index in [-0.39, 0.29) is 28.8 Å². The van der Waals surface area contributed by atoms with Gasteiger partial charge in [-0.15, -0.1) is 23.1 Å². The molecule has 186 valence electrons. The number of oxime groups is 1. The van der Waals surface area contributed by atoms with Gasteiger partial charge in [0.15, 0.2) is 10.8 Å². The van der Waals surface area contributed by atoms with Gasteiger partial charge in [0, 0.05) is 21.8 Å². The number of thiazole rings is 1. The minimum Gasteiger partial charge on any atom is -0.543 e. The molecule has 0 spiro atoms. The molecule has 13 nitrogen and oxygen atoms in total. The van der Waals surface area contributed by atoms with Crippen LogP contribution in [0.3, 0.4) is 0 Å². The molecule has 0 aromatic carbocycles. The van der Waals surface area contributed by atoms with E-state index in [2.05, 4.69) is 20.6 Å². The maximum absolute atomic E-state index is 13.0. The Morgan fingerprint density at radius 2 is 2.25 bits per heavy atom. The van der Waals surface area contributed by atoms with Gasteiger partial charge < -0.3 is 25.8 Å². The van der Waals surface area contributed by atoms with Crippen LogP contribution >= 0.6 is 23.1 Å². The lowest BCUT2D eigenvalue weighted by Gasteiger charge is -2.50. The number of nitrogens with one attached hydrogen (secondary N) is 1. The first-order chi connectivity index (χ1) is 17.3. The highest BCUT2D eigenvalue weighted by molar-refractivity contribution is 8.00. The lowest BCUT2D eigenvalue weighted by molar-refractivity contribution is -0.664. The van der Waals surface area contributed by atoms with Crippen LogP contribution in [0, 0.1) is 6.92 Å². The topological polar surface area (TPSA) is 171 Å². The number of β-lactam (4-membered cyclic amide) rings is 1. The van der Waals surface area contributed by atoms with Crippen molar-refractivity contribution in [2.45, 2.75) is 24.9 Å². The van der Waals surface area contributed by atoms with Crippen molar-refractivity contribution in [2.75, 3.05) is 18.6 Å². The standard InChI is InChI=1S/C21H20N8O5S2/c1-10-4-3-5-28-17(10)27(9-23-28)6-11-7-35-19-14(18(31)29(19)15(11)20(32)33)25-16(30)13(26-34-2)12-8-36-21(22)24-12/h3-5,8-9,14,19H,6-7H2,1-2H3,(H3-,22,24,25,30,32,33)/b26-13+. The Hall–Kier alpha value is -3.98. The molecular weight excluding hydrogens is 508 g/mol. The number of carboxylic acids is 1. The lowest BCUT2D eigenvalue weighted by atomic mass is 10.0. The minimum absolute atomic E-state index is 0.145. The van der Waals surface area contributed by atoms with Gasteiger partial charge in [-0.1, -0.05) is 9.67 Å². The number of nitrogen functional groups attached to an aromatic ring is 1. The molecule has 36 heavy (non-hydrogen) atoms. The van der Waals surface area contributed by atoms with Gasteiger partial charge in [-0.25, -0.2) is 9.55 Å². The maximum atomic E-state index is 13.0. The summed E-state index contributed by atoms with van der Waals surface area (Å²) in [6, 6.07) is 2.84. The Balaban J connectivity index is 1.38. The smallest absolute Gasteiger partial charge is 0.276 e. The summed E-state index contributed by atoms with van der Waals surface area (Å²) in [5.74, 6) is -2.39. The fraction of sp³-hybridized carbons (Fsp3) is 0.286. The number of nitrogens with two attached hydrogens (primary N) is 1. The van der Waals surface area contributed by atoms with Crippen LogP contribution in [0.25, 0.3) is 5.65 Å². The number of amides is 2. The molecule has 3 aromatic heterocycles. The second-order valence-corrected chi connectivity index (χ2v) is 10.0. The molecule has 2 aliphatic heterocycles. The summed E-state index contributed by atoms with van der Waals surface area (Å²) in [6.45, 7) is 2.15. The zero-order chi connectivity index (χ0) is 25.6. The predicted octanol–water partition coefficient (Wildman–Crippen LogP) is -1.58. The number of rotatable bonds is 7. The summed E-state index contributed by atoms with van der Waals surface area (Å²) in [7, 11) is 1.28. The second-order valence-electron chi connectivity index (χ2n) is 8.01. The number of pyridine rings is 1. The molecule has 0 saturated carbocycles. The fourth-order valence-electron chi connectivity index (χ4n) is 4.24. The number of anilines is 1. The van der Waals surface area contributed by atoms with E-state index in [4.69, 9.17) is 10.6 Å². The fourth-order valence-corrected chi connectivity index (χ4v) is 6.12. The molecule has 2 amide bonds. The first kappa shape index (κ1) is 23.7. The number of nitrogens with zero attached hydrogens (tertiary/aromatic N) is 6. The predicted molar refractivity (Wildman–Crippen MR) is 127 cm³/mol. The number of aromatic nitrogens is 4. The third-order valence-corrected chi connectivity index (χ3v) is 7.79. The first-order valence-corrected chi connectivity index (χ1v) is 12.6. The molecule has 15 heteroatoms. The third-order valence-electron chi connectivity index (χ3n) is 5.78. The molecule has 0 radical (unpaired) electrons. The number of fused-ring (bicyclic) bond motifs is 2. The molecule has 2 unspecified atom stereocenters. The molecular formula is C21H20N8O5S2. The number of aliphatic carboxylic acids is 1. The van der Waals surface area contributed by atoms with Gasteiger partial charge in [0.05, 0.1) is 18.2 Å². The summed E-state index contributed by atoms with van der Waals surface area (Å²) >= 11 is 2.47. The quantitative estimate of drug-likeness (QED) is 0.159. The van der Waals surface area contributed by atoms with Crippen LogP contribution in [-0.2, 0) is 25.8 Å². The average Bonchev–Trinajstić information content (AvgIpc) is 3.47. The van der Waals surface area contributed by atoms with Crippen molar-refractivity contribution in [3.63, 3.8) is 0 Å². The second kappa shape index (κ2) is 9.23. The number of hydrogen-bond donors (Lipinski definition) is 2. The Kier molecular flexibility index (Phi) is 6.09. The van der Waals surface area contributed by atoms with Crippen molar-refractivity contribution in [1.82, 2.24) is 24.8 Å². The maximum Gasteiger partial charge on any atom is 0.276 e. The van der Waals surface area contributed by atoms with Crippen molar-refractivity contribution in [3.8, 4) is 0 Å². The normalized spacial score (nSPS) is 19.8. The summed E-state index contributed by atoms with van der Waals surface area (Å²) in [5.41, 5.74) is 7.80. The van der Waals surface area contributed by atoms with Crippen molar-refractivity contribution < 1.29 is 28.9 Å². The van der Waals surface area contributed by atoms with Crippen LogP contribution in [0.5, 0.6) is 0 Å². The molecule has 2 atom stereocenters. The third kappa shape index (κ3) is 3.95. The van der Waals surface area contributed by atoms with Crippen molar-refractivity contribution in [2.24, 2.45) is 5.16 Å². The van der Waals surface area contributed by atoms with Crippen molar-refractivity contribution in [3.05, 3.63) is 52.6 Å². The lowest BCUT2D eigenvalue weighted by Crippen LogP contribution is -2.71. The van der Waals surface area contributed by atoms with Gasteiger partial charge in [0.25, 0.3) is 23.8 Å². The minimum atomic E-state index is -1.46. The number of carbonyl (C=O) groups is 3. The Morgan fingerprint density at radius 1 is 1.44 bits per heavy atom. The van der Waals surface area contributed by atoms with E-state index in [9.17, 15) is 19.5 Å². The SMILES string of the molecule is CO/N=C(/C(=O)NC1C(=O)N2C(C(=O)[O-])=C(C[n+]3cnn4cccc(C)c43)CSC12)c1csc(N)n1. The summed E-state index contributed by atoms with van der Waals surface area (Å²) in [6.07, 6.45) is 3.41. The van der Waals surface area contributed by atoms with Gasteiger partial charge in [0.2, 0.25) is 0 Å². The Labute approximate surface area is 212 Å². The highest BCUT2D eigenvalue weighted by Crippen LogP contribution is 2.40. The number of carbonyl (C=O) groups excluding carboxylic acids is 3. The molecule has 3 aromatic rings. The van der Waals surface area contributed by atoms with E-state index in [0.717, 1.165) is 27.4 Å². The van der Waals surface area contributed by atoms with E-state index < -0.39 is 29.2 Å². The van der Waals surface area contributed by atoms with Gasteiger partial charge in [-0.3, -0.25) is 14.5 Å². The molecule has 0 bridgehead atoms. The number of thioether (sulfide) groups is 1. The Bertz CT molecular complexity index is 1460. The Morgan fingerprint density at radius 3 is 2.94 bits per heavy atom. The van der Waals surface area contributed by atoms with Gasteiger partial charge in [-0.05, 0) is 24.6 Å². The van der Waals surface area contributed by atoms with Crippen LogP contribution in [0.2, 0.25) is 0 Å². The van der Waals surface area contributed by atoms with E-state index >= 15 is 0 Å². The molecule has 2 aliphatic rings. The van der Waals surface area contributed by atoms with Crippen molar-refractivity contribution >= 4 is 57.4 Å². The van der Waals surface area contributed by atoms with E-state index in [1.54, 1.807) is 22.4 Å². The van der Waals surface area contributed by atoms with Gasteiger partial charge >= 0.3 is 0 Å². The van der Waals surface area contributed by atoms with Crippen LogP contribution in [0.1, 0.15) is 11.3 Å². The highest BCUT2D eigenvalue weighted by Gasteiger charge is 2.53. The molecule has 1 fully saturated rings. The van der Waals surface area contributed by atoms with Crippen LogP contribution in [-0.4, -0.2) is 67.3 Å². The van der Waals surface area contributed by atoms with Crippen LogP contribution in [0.4, 0.5) is 5.13 Å². The summed E-state index contributed by atoms with van der Waals surface area (Å²) < 4.78 is 3.52. The highest BCUT2D eigenvalue weighted by atomic mass is 32.2. The molecule has 5 heterocycles. The summed E-state index contributed by atoms with van der Waals surface area (Å²) in [5, 5.41) is 23.9. The monoisotopic (exact) mass is 528 g/mol. The average molecular weight is 529 g/mol. The number of aryl methyl sites for hydroxylation is 1. The van der Waals surface area contributed by atoms with Gasteiger partial charge in [-0.2, -0.15) is 0 Å². The molecule has 3 N–H and O–H groups in total. The molecule has 1 saturated heterocycles. The van der Waals surface area contributed by atoms with Crippen LogP contribution in [0.15, 0.2) is 46.5 Å². The molecule has 0 aliphatic carbocycles. The number of hydrogen-bond acceptors (Lipinski definition) is 11. The first-order valence-electron chi connectivity index (χ1n) is 10.6. The summed E-state index contributed by atoms with van der Waals surface area (Å²) in [4.78, 5) is 48.0. The van der Waals surface area contributed by atoms with E-state index in [0.29, 0.717) is 11.3 Å². The zero-order valence-electron chi connectivity index (χ0n) is 19.1. The number of carboxylic acid groups (broad SMARTS) is 1. The van der Waals surface area contributed by atoms with Crippen molar-refractivity contribution in [1.29, 1.82) is 0 Å². The van der Waals surface area contributed by atoms with Crippen LogP contribution < -0.4 is 20.7 Å². The van der Waals surface area contributed by atoms with E-state index in [1.165, 1.54) is 18.9 Å².